The van der Waals surface area contributed by atoms with Crippen molar-refractivity contribution in [1.82, 2.24) is 0 Å². The standard InChI is InChI=1S/C10H10ClNO/c1-7-5-8(3-2-4-13)6-9(11)10(7)12/h5-6,13H,4,12H2,1H3. The second-order valence-corrected chi connectivity index (χ2v) is 3.06. The maximum atomic E-state index is 8.49. The molecule has 0 saturated carbocycles. The van der Waals surface area contributed by atoms with Crippen LogP contribution in [0.4, 0.5) is 5.69 Å². The van der Waals surface area contributed by atoms with Gasteiger partial charge in [0.2, 0.25) is 0 Å². The van der Waals surface area contributed by atoms with Gasteiger partial charge in [-0.25, -0.2) is 0 Å². The van der Waals surface area contributed by atoms with Crippen molar-refractivity contribution in [2.75, 3.05) is 12.3 Å². The van der Waals surface area contributed by atoms with Crippen LogP contribution in [0.2, 0.25) is 5.02 Å². The summed E-state index contributed by atoms with van der Waals surface area (Å²) in [5.41, 5.74) is 7.90. The summed E-state index contributed by atoms with van der Waals surface area (Å²) in [6.45, 7) is 1.71. The second-order valence-electron chi connectivity index (χ2n) is 2.65. The van der Waals surface area contributed by atoms with Crippen molar-refractivity contribution in [1.29, 1.82) is 0 Å². The van der Waals surface area contributed by atoms with Gasteiger partial charge >= 0.3 is 0 Å². The number of hydrogen-bond donors (Lipinski definition) is 2. The minimum absolute atomic E-state index is 0.152. The third kappa shape index (κ3) is 2.38. The molecule has 0 spiro atoms. The first-order valence-electron chi connectivity index (χ1n) is 3.80. The highest BCUT2D eigenvalue weighted by atomic mass is 35.5. The SMILES string of the molecule is Cc1cc(C#CCO)cc(Cl)c1N. The summed E-state index contributed by atoms with van der Waals surface area (Å²) in [6, 6.07) is 3.52. The highest BCUT2D eigenvalue weighted by Crippen LogP contribution is 2.23. The van der Waals surface area contributed by atoms with Gasteiger partial charge < -0.3 is 10.8 Å². The molecule has 0 aliphatic rings. The van der Waals surface area contributed by atoms with E-state index >= 15 is 0 Å². The fourth-order valence-corrected chi connectivity index (χ4v) is 1.24. The summed E-state index contributed by atoms with van der Waals surface area (Å²) >= 11 is 5.84. The summed E-state index contributed by atoms with van der Waals surface area (Å²) in [5, 5.41) is 8.99. The lowest BCUT2D eigenvalue weighted by Crippen LogP contribution is -1.91. The lowest BCUT2D eigenvalue weighted by Gasteiger charge is -2.02. The molecule has 3 heteroatoms. The third-order valence-electron chi connectivity index (χ3n) is 1.65. The van der Waals surface area contributed by atoms with E-state index in [1.165, 1.54) is 0 Å². The van der Waals surface area contributed by atoms with Crippen LogP contribution in [0.5, 0.6) is 0 Å². The van der Waals surface area contributed by atoms with E-state index in [9.17, 15) is 0 Å². The topological polar surface area (TPSA) is 46.2 Å². The maximum absolute atomic E-state index is 8.49. The van der Waals surface area contributed by atoms with Gasteiger partial charge in [0.15, 0.2) is 0 Å². The Hall–Kier alpha value is -1.17. The number of nitrogen functional groups attached to an aromatic ring is 1. The van der Waals surface area contributed by atoms with Crippen LogP contribution >= 0.6 is 11.6 Å². The Morgan fingerprint density at radius 3 is 2.77 bits per heavy atom. The second kappa shape index (κ2) is 4.18. The molecule has 0 amide bonds. The summed E-state index contributed by atoms with van der Waals surface area (Å²) in [6.07, 6.45) is 0. The molecule has 0 aliphatic heterocycles. The number of aryl methyl sites for hydroxylation is 1. The average Bonchev–Trinajstić information content (AvgIpc) is 2.10. The van der Waals surface area contributed by atoms with Gasteiger partial charge in [-0.2, -0.15) is 0 Å². The minimum atomic E-state index is -0.152. The highest BCUT2D eigenvalue weighted by Gasteiger charge is 2.00. The van der Waals surface area contributed by atoms with Gasteiger partial charge in [0.05, 0.1) is 10.7 Å². The molecule has 0 bridgehead atoms. The van der Waals surface area contributed by atoms with E-state index in [2.05, 4.69) is 11.8 Å². The van der Waals surface area contributed by atoms with Crippen molar-refractivity contribution in [3.05, 3.63) is 28.3 Å². The number of rotatable bonds is 0. The molecule has 0 unspecified atom stereocenters. The van der Waals surface area contributed by atoms with Crippen molar-refractivity contribution in [2.24, 2.45) is 0 Å². The molecule has 1 rings (SSSR count). The molecule has 0 radical (unpaired) electrons. The first-order valence-corrected chi connectivity index (χ1v) is 4.18. The molecule has 0 aliphatic carbocycles. The van der Waals surface area contributed by atoms with E-state index in [1.807, 2.05) is 13.0 Å². The fourth-order valence-electron chi connectivity index (χ4n) is 0.969. The van der Waals surface area contributed by atoms with Gasteiger partial charge in [-0.05, 0) is 24.6 Å². The van der Waals surface area contributed by atoms with Crippen LogP contribution in [0.15, 0.2) is 12.1 Å². The van der Waals surface area contributed by atoms with Crippen LogP contribution in [0, 0.1) is 18.8 Å². The van der Waals surface area contributed by atoms with Crippen molar-refractivity contribution in [2.45, 2.75) is 6.92 Å². The van der Waals surface area contributed by atoms with Crippen LogP contribution < -0.4 is 5.73 Å². The van der Waals surface area contributed by atoms with E-state index in [0.717, 1.165) is 11.1 Å². The molecule has 13 heavy (non-hydrogen) atoms. The maximum Gasteiger partial charge on any atom is 0.104 e. The first-order chi connectivity index (χ1) is 6.15. The van der Waals surface area contributed by atoms with E-state index < -0.39 is 0 Å². The summed E-state index contributed by atoms with van der Waals surface area (Å²) in [5.74, 6) is 5.31. The number of aliphatic hydroxyl groups excluding tert-OH is 1. The van der Waals surface area contributed by atoms with Crippen LogP contribution in [-0.4, -0.2) is 11.7 Å². The normalized spacial score (nSPS) is 9.15. The lowest BCUT2D eigenvalue weighted by molar-refractivity contribution is 0.350. The number of benzene rings is 1. The Morgan fingerprint density at radius 1 is 1.54 bits per heavy atom. The van der Waals surface area contributed by atoms with Crippen molar-refractivity contribution in [3.63, 3.8) is 0 Å². The van der Waals surface area contributed by atoms with E-state index in [4.69, 9.17) is 22.4 Å². The minimum Gasteiger partial charge on any atom is -0.397 e. The molecule has 0 aromatic heterocycles. The van der Waals surface area contributed by atoms with Gasteiger partial charge in [0, 0.05) is 5.56 Å². The quantitative estimate of drug-likeness (QED) is 0.488. The van der Waals surface area contributed by atoms with Crippen molar-refractivity contribution in [3.8, 4) is 11.8 Å². The number of hydrogen-bond acceptors (Lipinski definition) is 2. The summed E-state index contributed by atoms with van der Waals surface area (Å²) < 4.78 is 0. The molecule has 0 saturated heterocycles. The Labute approximate surface area is 82.3 Å². The van der Waals surface area contributed by atoms with Crippen LogP contribution in [-0.2, 0) is 0 Å². The number of anilines is 1. The largest absolute Gasteiger partial charge is 0.397 e. The number of nitrogens with two attached hydrogens (primary N) is 1. The summed E-state index contributed by atoms with van der Waals surface area (Å²) in [7, 11) is 0. The zero-order valence-corrected chi connectivity index (χ0v) is 8.02. The fraction of sp³-hybridized carbons (Fsp3) is 0.200. The number of halogens is 1. The molecule has 1 aromatic rings. The molecule has 2 nitrogen and oxygen atoms in total. The van der Waals surface area contributed by atoms with Crippen LogP contribution in [0.25, 0.3) is 0 Å². The Balaban J connectivity index is 3.13. The van der Waals surface area contributed by atoms with E-state index in [0.29, 0.717) is 10.7 Å². The Morgan fingerprint density at radius 2 is 2.23 bits per heavy atom. The summed E-state index contributed by atoms with van der Waals surface area (Å²) in [4.78, 5) is 0. The third-order valence-corrected chi connectivity index (χ3v) is 1.96. The van der Waals surface area contributed by atoms with Gasteiger partial charge in [-0.1, -0.05) is 23.4 Å². The smallest absolute Gasteiger partial charge is 0.104 e. The Kier molecular flexibility index (Phi) is 3.18. The van der Waals surface area contributed by atoms with E-state index in [-0.39, 0.29) is 6.61 Å². The van der Waals surface area contributed by atoms with Crippen molar-refractivity contribution < 1.29 is 5.11 Å². The molecule has 1 aromatic carbocycles. The lowest BCUT2D eigenvalue weighted by atomic mass is 10.1. The molecular formula is C10H10ClNO. The van der Waals surface area contributed by atoms with Gasteiger partial charge in [-0.15, -0.1) is 0 Å². The molecule has 0 heterocycles. The average molecular weight is 196 g/mol. The molecule has 3 N–H and O–H groups in total. The van der Waals surface area contributed by atoms with Crippen molar-refractivity contribution >= 4 is 17.3 Å². The molecule has 0 atom stereocenters. The van der Waals surface area contributed by atoms with E-state index in [1.54, 1.807) is 6.07 Å². The monoisotopic (exact) mass is 195 g/mol. The molecular weight excluding hydrogens is 186 g/mol. The predicted molar refractivity (Wildman–Crippen MR) is 54.6 cm³/mol. The molecule has 0 fully saturated rings. The predicted octanol–water partition coefficient (Wildman–Crippen LogP) is 1.57. The van der Waals surface area contributed by atoms with Crippen LogP contribution in [0.1, 0.15) is 11.1 Å². The van der Waals surface area contributed by atoms with Crippen LogP contribution in [0.3, 0.4) is 0 Å². The van der Waals surface area contributed by atoms with Gasteiger partial charge in [0.25, 0.3) is 0 Å². The first kappa shape index (κ1) is 9.91. The molecule has 68 valence electrons. The Bertz CT molecular complexity index is 353. The zero-order chi connectivity index (χ0) is 9.84. The number of aliphatic hydroxyl groups is 1. The van der Waals surface area contributed by atoms with Gasteiger partial charge in [-0.3, -0.25) is 0 Å². The zero-order valence-electron chi connectivity index (χ0n) is 7.26. The highest BCUT2D eigenvalue weighted by molar-refractivity contribution is 6.33. The van der Waals surface area contributed by atoms with Gasteiger partial charge in [0.1, 0.15) is 6.61 Å².